The van der Waals surface area contributed by atoms with E-state index in [1.807, 2.05) is 29.1 Å². The highest BCUT2D eigenvalue weighted by Gasteiger charge is 2.36. The molecule has 1 aliphatic heterocycles. The molecule has 0 unspecified atom stereocenters. The van der Waals surface area contributed by atoms with Gasteiger partial charge in [-0.2, -0.15) is 5.10 Å². The Bertz CT molecular complexity index is 766. The summed E-state index contributed by atoms with van der Waals surface area (Å²) in [7, 11) is 0. The largest absolute Gasteiger partial charge is 0.378 e. The zero-order valence-corrected chi connectivity index (χ0v) is 14.9. The van der Waals surface area contributed by atoms with E-state index in [1.54, 1.807) is 0 Å². The van der Waals surface area contributed by atoms with E-state index in [0.717, 1.165) is 36.0 Å². The van der Waals surface area contributed by atoms with E-state index in [1.165, 1.54) is 12.8 Å². The summed E-state index contributed by atoms with van der Waals surface area (Å²) >= 11 is 0. The van der Waals surface area contributed by atoms with E-state index in [2.05, 4.69) is 29.6 Å². The highest BCUT2D eigenvalue weighted by atomic mass is 16.5. The van der Waals surface area contributed by atoms with E-state index in [-0.39, 0.29) is 12.1 Å². The third-order valence-electron chi connectivity index (χ3n) is 5.11. The number of nitrogens with one attached hydrogen (secondary N) is 2. The monoisotopic (exact) mass is 342 g/mol. The zero-order chi connectivity index (χ0) is 17.4. The lowest BCUT2D eigenvalue weighted by Crippen LogP contribution is -2.44. The molecule has 2 atom stereocenters. The fourth-order valence-corrected chi connectivity index (χ4v) is 3.50. The lowest BCUT2D eigenvalue weighted by atomic mass is 10.0. The molecule has 1 saturated carbocycles. The Kier molecular flexibility index (Phi) is 4.37. The first kappa shape index (κ1) is 16.4. The van der Waals surface area contributed by atoms with Crippen LogP contribution in [0.3, 0.4) is 0 Å². The molecule has 2 heterocycles. The Morgan fingerprint density at radius 2 is 2.16 bits per heavy atom. The molecule has 2 aliphatic rings. The van der Waals surface area contributed by atoms with E-state index in [0.29, 0.717) is 18.1 Å². The van der Waals surface area contributed by atoms with Crippen molar-refractivity contribution >= 4 is 22.6 Å². The Morgan fingerprint density at radius 3 is 2.92 bits per heavy atom. The summed E-state index contributed by atoms with van der Waals surface area (Å²) in [5.41, 5.74) is 1.73. The molecule has 0 radical (unpaired) electrons. The summed E-state index contributed by atoms with van der Waals surface area (Å²) in [5.74, 6) is 0.715. The third kappa shape index (κ3) is 3.79. The normalized spacial score (nSPS) is 23.8. The van der Waals surface area contributed by atoms with Gasteiger partial charge in [0, 0.05) is 36.0 Å². The van der Waals surface area contributed by atoms with Gasteiger partial charge in [-0.25, -0.2) is 4.79 Å². The van der Waals surface area contributed by atoms with Crippen LogP contribution in [0.4, 0.5) is 10.5 Å². The molecule has 2 aromatic rings. The summed E-state index contributed by atoms with van der Waals surface area (Å²) in [4.78, 5) is 12.3. The first-order valence-corrected chi connectivity index (χ1v) is 9.26. The Morgan fingerprint density at radius 1 is 1.32 bits per heavy atom. The maximum absolute atomic E-state index is 12.3. The number of nitrogens with zero attached hydrogens (tertiary/aromatic N) is 2. The second kappa shape index (κ2) is 6.67. The maximum Gasteiger partial charge on any atom is 0.319 e. The van der Waals surface area contributed by atoms with Crippen molar-refractivity contribution in [1.29, 1.82) is 0 Å². The number of anilines is 1. The summed E-state index contributed by atoms with van der Waals surface area (Å²) in [6.45, 7) is 4.94. The number of carbonyl (C=O) groups excluding carboxylic acids is 1. The lowest BCUT2D eigenvalue weighted by molar-refractivity contribution is -0.00889. The summed E-state index contributed by atoms with van der Waals surface area (Å²) in [6, 6.07) is 6.19. The first-order chi connectivity index (χ1) is 12.1. The van der Waals surface area contributed by atoms with E-state index in [9.17, 15) is 4.79 Å². The standard InChI is InChI=1S/C19H26N4O2/c1-12(2)23-11-14-9-15(5-6-17(14)22-23)20-19(24)21-16-7-8-25-18(10-16)13-3-4-13/h5-6,9,11-13,16,18H,3-4,7-8,10H2,1-2H3,(H2,20,21,24)/t16-,18-/m0/s1. The van der Waals surface area contributed by atoms with Crippen LogP contribution in [0.5, 0.6) is 0 Å². The highest BCUT2D eigenvalue weighted by Crippen LogP contribution is 2.38. The van der Waals surface area contributed by atoms with Crippen molar-refractivity contribution in [3.8, 4) is 0 Å². The summed E-state index contributed by atoms with van der Waals surface area (Å²) in [6.07, 6.45) is 6.70. The molecule has 0 spiro atoms. The van der Waals surface area contributed by atoms with Crippen molar-refractivity contribution in [3.63, 3.8) is 0 Å². The van der Waals surface area contributed by atoms with Gasteiger partial charge in [0.05, 0.1) is 11.6 Å². The molecule has 2 fully saturated rings. The van der Waals surface area contributed by atoms with Crippen molar-refractivity contribution in [2.24, 2.45) is 5.92 Å². The molecule has 134 valence electrons. The third-order valence-corrected chi connectivity index (χ3v) is 5.11. The van der Waals surface area contributed by atoms with Crippen LogP contribution in [0, 0.1) is 5.92 Å². The number of rotatable bonds is 4. The number of amides is 2. The van der Waals surface area contributed by atoms with E-state index >= 15 is 0 Å². The van der Waals surface area contributed by atoms with Crippen LogP contribution < -0.4 is 10.6 Å². The van der Waals surface area contributed by atoms with Crippen LogP contribution in [-0.4, -0.2) is 34.6 Å². The second-order valence-corrected chi connectivity index (χ2v) is 7.54. The van der Waals surface area contributed by atoms with Gasteiger partial charge < -0.3 is 15.4 Å². The van der Waals surface area contributed by atoms with Gasteiger partial charge in [-0.05, 0) is 63.6 Å². The molecule has 6 nitrogen and oxygen atoms in total. The van der Waals surface area contributed by atoms with Gasteiger partial charge in [-0.3, -0.25) is 4.68 Å². The SMILES string of the molecule is CC(C)n1cc2cc(NC(=O)N[C@H]3CCO[C@H](C4CC4)C3)ccc2n1. The number of ether oxygens (including phenoxy) is 1. The minimum absolute atomic E-state index is 0.142. The first-order valence-electron chi connectivity index (χ1n) is 9.26. The van der Waals surface area contributed by atoms with Crippen LogP contribution >= 0.6 is 0 Å². The van der Waals surface area contributed by atoms with Gasteiger partial charge >= 0.3 is 6.03 Å². The van der Waals surface area contributed by atoms with Gasteiger partial charge in [0.15, 0.2) is 0 Å². The Labute approximate surface area is 147 Å². The molecule has 4 rings (SSSR count). The molecule has 1 saturated heterocycles. The molecule has 2 N–H and O–H groups in total. The molecular formula is C19H26N4O2. The predicted octanol–water partition coefficient (Wildman–Crippen LogP) is 3.70. The minimum Gasteiger partial charge on any atom is -0.378 e. The van der Waals surface area contributed by atoms with Crippen LogP contribution in [0.25, 0.3) is 10.9 Å². The maximum atomic E-state index is 12.3. The fourth-order valence-electron chi connectivity index (χ4n) is 3.50. The molecule has 6 heteroatoms. The van der Waals surface area contributed by atoms with Gasteiger partial charge in [-0.15, -0.1) is 0 Å². The average molecular weight is 342 g/mol. The van der Waals surface area contributed by atoms with Gasteiger partial charge in [-0.1, -0.05) is 0 Å². The Balaban J connectivity index is 1.37. The van der Waals surface area contributed by atoms with Crippen LogP contribution in [0.2, 0.25) is 0 Å². The number of aromatic nitrogens is 2. The predicted molar refractivity (Wildman–Crippen MR) is 97.8 cm³/mol. The van der Waals surface area contributed by atoms with Gasteiger partial charge in [0.1, 0.15) is 0 Å². The number of benzene rings is 1. The number of fused-ring (bicyclic) bond motifs is 1. The Hall–Kier alpha value is -2.08. The fraction of sp³-hybridized carbons (Fsp3) is 0.579. The van der Waals surface area contributed by atoms with E-state index < -0.39 is 0 Å². The molecule has 2 amide bonds. The summed E-state index contributed by atoms with van der Waals surface area (Å²) in [5, 5.41) is 11.6. The van der Waals surface area contributed by atoms with Crippen LogP contribution in [-0.2, 0) is 4.74 Å². The van der Waals surface area contributed by atoms with E-state index in [4.69, 9.17) is 4.74 Å². The number of carbonyl (C=O) groups is 1. The molecule has 1 aromatic heterocycles. The molecule has 1 aliphatic carbocycles. The smallest absolute Gasteiger partial charge is 0.319 e. The van der Waals surface area contributed by atoms with Crippen molar-refractivity contribution in [2.75, 3.05) is 11.9 Å². The molecule has 0 bridgehead atoms. The minimum atomic E-state index is -0.142. The van der Waals surface area contributed by atoms with Gasteiger partial charge in [0.2, 0.25) is 0 Å². The number of hydrogen-bond donors (Lipinski definition) is 2. The van der Waals surface area contributed by atoms with Crippen LogP contribution in [0.15, 0.2) is 24.4 Å². The topological polar surface area (TPSA) is 68.2 Å². The van der Waals surface area contributed by atoms with Crippen molar-refractivity contribution in [1.82, 2.24) is 15.1 Å². The van der Waals surface area contributed by atoms with Gasteiger partial charge in [0.25, 0.3) is 0 Å². The lowest BCUT2D eigenvalue weighted by Gasteiger charge is -2.30. The van der Waals surface area contributed by atoms with Crippen molar-refractivity contribution < 1.29 is 9.53 Å². The molecule has 25 heavy (non-hydrogen) atoms. The molecule has 1 aromatic carbocycles. The van der Waals surface area contributed by atoms with Crippen LogP contribution in [0.1, 0.15) is 45.6 Å². The highest BCUT2D eigenvalue weighted by molar-refractivity contribution is 5.92. The summed E-state index contributed by atoms with van der Waals surface area (Å²) < 4.78 is 7.76. The zero-order valence-electron chi connectivity index (χ0n) is 14.9. The van der Waals surface area contributed by atoms with Crippen molar-refractivity contribution in [2.45, 2.75) is 57.7 Å². The number of hydrogen-bond acceptors (Lipinski definition) is 3. The molecular weight excluding hydrogens is 316 g/mol. The quantitative estimate of drug-likeness (QED) is 0.890. The number of urea groups is 1. The van der Waals surface area contributed by atoms with Crippen molar-refractivity contribution in [3.05, 3.63) is 24.4 Å². The average Bonchev–Trinajstić information content (AvgIpc) is 3.34. The second-order valence-electron chi connectivity index (χ2n) is 7.54.